The summed E-state index contributed by atoms with van der Waals surface area (Å²) in [5.41, 5.74) is 25.2. The molecule has 4 heteroatoms. The molecule has 2 heterocycles. The van der Waals surface area contributed by atoms with E-state index in [2.05, 4.69) is 353 Å². The van der Waals surface area contributed by atoms with Gasteiger partial charge < -0.3 is 18.6 Å². The molecule has 98 heavy (non-hydrogen) atoms. The third kappa shape index (κ3) is 7.71. The van der Waals surface area contributed by atoms with Gasteiger partial charge in [-0.1, -0.05) is 281 Å². The van der Waals surface area contributed by atoms with Gasteiger partial charge in [0.1, 0.15) is 11.2 Å². The van der Waals surface area contributed by atoms with Crippen molar-refractivity contribution < 1.29 is 8.83 Å². The molecule has 0 saturated heterocycles. The normalized spacial score (nSPS) is 15.4. The minimum atomic E-state index is -0.794. The van der Waals surface area contributed by atoms with E-state index in [0.29, 0.717) is 0 Å². The molecule has 18 aromatic rings. The number of nitrogens with zero attached hydrogens (tertiary/aromatic N) is 2. The zero-order valence-electron chi connectivity index (χ0n) is 54.7. The Balaban J connectivity index is 0.943. The van der Waals surface area contributed by atoms with Crippen molar-refractivity contribution >= 4 is 121 Å². The van der Waals surface area contributed by atoms with Gasteiger partial charge in [0.05, 0.1) is 34.1 Å². The molecule has 2 aliphatic rings. The molecular weight excluding hydrogens is 1190 g/mol. The van der Waals surface area contributed by atoms with Crippen LogP contribution in [0.1, 0.15) is 47.2 Å². The molecule has 0 N–H and O–H groups in total. The van der Waals surface area contributed by atoms with Crippen molar-refractivity contribution in [3.8, 4) is 44.5 Å². The third-order valence-electron chi connectivity index (χ3n) is 22.6. The van der Waals surface area contributed by atoms with E-state index in [9.17, 15) is 0 Å². The molecule has 2 aliphatic carbocycles. The van der Waals surface area contributed by atoms with Gasteiger partial charge in [-0.05, 0) is 161 Å². The van der Waals surface area contributed by atoms with Crippen molar-refractivity contribution in [2.24, 2.45) is 0 Å². The fourth-order valence-corrected chi connectivity index (χ4v) is 17.8. The quantitative estimate of drug-likeness (QED) is 0.144. The Bertz CT molecular complexity index is 6410. The van der Waals surface area contributed by atoms with Gasteiger partial charge in [0.2, 0.25) is 0 Å². The second-order valence-electron chi connectivity index (χ2n) is 27.2. The number of hydrogen-bond donors (Lipinski definition) is 0. The number of hydrogen-bond acceptors (Lipinski definition) is 4. The smallest absolute Gasteiger partial charge is 0.159 e. The van der Waals surface area contributed by atoms with Gasteiger partial charge in [-0.15, -0.1) is 0 Å². The number of benzene rings is 16. The zero-order valence-corrected chi connectivity index (χ0v) is 54.7. The van der Waals surface area contributed by atoms with E-state index in [4.69, 9.17) is 8.83 Å². The monoisotopic (exact) mass is 1250 g/mol. The number of rotatable bonds is 9. The van der Waals surface area contributed by atoms with Crippen LogP contribution >= 0.6 is 0 Å². The lowest BCUT2D eigenvalue weighted by Crippen LogP contribution is -2.44. The summed E-state index contributed by atoms with van der Waals surface area (Å²) in [6, 6.07) is 117. The maximum Gasteiger partial charge on any atom is 0.159 e. The second kappa shape index (κ2) is 21.1. The largest absolute Gasteiger partial charge is 0.454 e. The Morgan fingerprint density at radius 1 is 0.255 bits per heavy atom. The van der Waals surface area contributed by atoms with Crippen LogP contribution in [0.15, 0.2) is 324 Å². The molecule has 0 spiro atoms. The molecule has 0 amide bonds. The van der Waals surface area contributed by atoms with Crippen molar-refractivity contribution in [1.82, 2.24) is 0 Å². The van der Waals surface area contributed by atoms with E-state index in [0.717, 1.165) is 105 Å². The molecule has 2 atom stereocenters. The average molecular weight is 1250 g/mol. The van der Waals surface area contributed by atoms with Crippen molar-refractivity contribution in [1.29, 1.82) is 0 Å². The molecule has 0 bridgehead atoms. The highest BCUT2D eigenvalue weighted by molar-refractivity contribution is 6.21. The van der Waals surface area contributed by atoms with E-state index in [1.165, 1.54) is 93.5 Å². The van der Waals surface area contributed by atoms with Gasteiger partial charge >= 0.3 is 0 Å². The lowest BCUT2D eigenvalue weighted by Gasteiger charge is -2.46. The number of aryl methyl sites for hydroxylation is 1. The zero-order chi connectivity index (χ0) is 65.1. The SMILES string of the molecule is Cc1cccc(-c2ccccc2N(c2cc3c(c4ccccc24)-c2c(ccc4ccccc24)C3(C)C2(C)c3ccc4ccccc4c3-c3c2cc(N(c2ccccc2-c2ccccc2)c2cccc4c2oc2ccccc24)c2ccccc32)c2cccc3c2oc2ccccc23)c1C. The molecule has 20 rings (SSSR count). The average Bonchev–Trinajstić information content (AvgIpc) is 1.48. The Morgan fingerprint density at radius 2 is 0.622 bits per heavy atom. The summed E-state index contributed by atoms with van der Waals surface area (Å²) in [6.45, 7) is 9.68. The number of para-hydroxylation sites is 6. The van der Waals surface area contributed by atoms with Gasteiger partial charge in [0.25, 0.3) is 0 Å². The highest BCUT2D eigenvalue weighted by atomic mass is 16.3. The van der Waals surface area contributed by atoms with Gasteiger partial charge in [-0.25, -0.2) is 0 Å². The maximum atomic E-state index is 7.20. The molecule has 0 saturated carbocycles. The first-order chi connectivity index (χ1) is 48.3. The minimum Gasteiger partial charge on any atom is -0.454 e. The van der Waals surface area contributed by atoms with Crippen molar-refractivity contribution in [2.45, 2.75) is 38.5 Å². The van der Waals surface area contributed by atoms with Gasteiger partial charge in [0.15, 0.2) is 11.2 Å². The van der Waals surface area contributed by atoms with E-state index in [-0.39, 0.29) is 0 Å². The Kier molecular flexibility index (Phi) is 12.1. The Hall–Kier alpha value is -12.2. The topological polar surface area (TPSA) is 32.8 Å². The van der Waals surface area contributed by atoms with Crippen LogP contribution in [0, 0.1) is 13.8 Å². The van der Waals surface area contributed by atoms with Crippen LogP contribution in [0.4, 0.5) is 34.1 Å². The van der Waals surface area contributed by atoms with Crippen LogP contribution in [-0.2, 0) is 10.8 Å². The van der Waals surface area contributed by atoms with Crippen molar-refractivity contribution in [2.75, 3.05) is 9.80 Å². The first kappa shape index (κ1) is 56.1. The second-order valence-corrected chi connectivity index (χ2v) is 27.2. The highest BCUT2D eigenvalue weighted by Crippen LogP contribution is 2.70. The van der Waals surface area contributed by atoms with E-state index < -0.39 is 10.8 Å². The first-order valence-corrected chi connectivity index (χ1v) is 34.1. The van der Waals surface area contributed by atoms with Crippen LogP contribution in [0.5, 0.6) is 0 Å². The summed E-state index contributed by atoms with van der Waals surface area (Å²) in [6.07, 6.45) is 0. The van der Waals surface area contributed by atoms with Crippen LogP contribution < -0.4 is 9.80 Å². The molecule has 462 valence electrons. The summed E-state index contributed by atoms with van der Waals surface area (Å²) < 4.78 is 14.4. The Morgan fingerprint density at radius 3 is 1.14 bits per heavy atom. The van der Waals surface area contributed by atoms with Crippen LogP contribution in [0.25, 0.3) is 131 Å². The lowest BCUT2D eigenvalue weighted by molar-refractivity contribution is 0.376. The maximum absolute atomic E-state index is 7.20. The van der Waals surface area contributed by atoms with E-state index in [1.54, 1.807) is 0 Å². The first-order valence-electron chi connectivity index (χ1n) is 34.1. The standard InChI is InChI=1S/C94H64N2O2/c1-57-27-24-42-62(58(57)2)66-35-17-21-46-80(66)96(82-48-26-44-74-70-39-19-23-50-86(70)98-92(74)82)84-56-78-90(72-41-15-13-37-68(72)84)88-65-34-11-9-31-61(65)52-54-76(88)94(78,4)93(3)75-53-51-60-30-8-10-33-64(60)87(75)89-71-40-14-12-36-67(71)83(55-77(89)93)95(79-45-20-16-32-63(79)59-28-6-5-7-29-59)81-47-25-43-73-69-38-18-22-49-85(69)97-91(73)81/h5-56H,1-4H3. The molecule has 0 fully saturated rings. The van der Waals surface area contributed by atoms with Gasteiger partial charge in [-0.2, -0.15) is 0 Å². The number of anilines is 6. The predicted octanol–water partition coefficient (Wildman–Crippen LogP) is 26.3. The molecule has 0 aliphatic heterocycles. The minimum absolute atomic E-state index is 0.793. The molecule has 2 aromatic heterocycles. The predicted molar refractivity (Wildman–Crippen MR) is 411 cm³/mol. The van der Waals surface area contributed by atoms with Gasteiger partial charge in [0, 0.05) is 54.3 Å². The molecule has 2 unspecified atom stereocenters. The summed E-state index contributed by atoms with van der Waals surface area (Å²) in [7, 11) is 0. The highest BCUT2D eigenvalue weighted by Gasteiger charge is 2.59. The fraction of sp³-hybridized carbons (Fsp3) is 0.0638. The molecular formula is C94H64N2O2. The summed E-state index contributed by atoms with van der Waals surface area (Å²) >= 11 is 0. The van der Waals surface area contributed by atoms with Crippen molar-refractivity contribution in [3.05, 3.63) is 349 Å². The van der Waals surface area contributed by atoms with E-state index in [1.807, 2.05) is 0 Å². The Labute approximate surface area is 568 Å². The fourth-order valence-electron chi connectivity index (χ4n) is 17.8. The van der Waals surface area contributed by atoms with Gasteiger partial charge in [-0.3, -0.25) is 0 Å². The summed E-state index contributed by atoms with van der Waals surface area (Å²) in [5, 5.41) is 13.9. The summed E-state index contributed by atoms with van der Waals surface area (Å²) in [4.78, 5) is 5.07. The van der Waals surface area contributed by atoms with Crippen LogP contribution in [0.3, 0.4) is 0 Å². The number of fused-ring (bicyclic) bond motifs is 20. The lowest BCUT2D eigenvalue weighted by atomic mass is 9.56. The van der Waals surface area contributed by atoms with Crippen LogP contribution in [-0.4, -0.2) is 0 Å². The van der Waals surface area contributed by atoms with Crippen molar-refractivity contribution in [3.63, 3.8) is 0 Å². The van der Waals surface area contributed by atoms with E-state index >= 15 is 0 Å². The molecule has 16 aromatic carbocycles. The molecule has 4 nitrogen and oxygen atoms in total. The molecule has 0 radical (unpaired) electrons. The van der Waals surface area contributed by atoms with Crippen LogP contribution in [0.2, 0.25) is 0 Å². The summed E-state index contributed by atoms with van der Waals surface area (Å²) in [5.74, 6) is 0. The third-order valence-corrected chi connectivity index (χ3v) is 22.6. The number of furan rings is 2.